The summed E-state index contributed by atoms with van der Waals surface area (Å²) in [5, 5.41) is 9.00. The molecule has 1 unspecified atom stereocenters. The largest absolute Gasteiger partial charge is 0.491 e. The highest BCUT2D eigenvalue weighted by Crippen LogP contribution is 2.35. The molecule has 1 N–H and O–H groups in total. The van der Waals surface area contributed by atoms with Gasteiger partial charge in [0.25, 0.3) is 0 Å². The summed E-state index contributed by atoms with van der Waals surface area (Å²) in [5.41, 5.74) is 2.10. The zero-order valence-electron chi connectivity index (χ0n) is 17.9. The predicted molar refractivity (Wildman–Crippen MR) is 132 cm³/mol. The minimum atomic E-state index is -0.576. The fourth-order valence-electron chi connectivity index (χ4n) is 3.08. The zero-order valence-corrected chi connectivity index (χ0v) is 20.3. The molecule has 2 rings (SSSR count). The third-order valence-corrected chi connectivity index (χ3v) is 6.16. The summed E-state index contributed by atoms with van der Waals surface area (Å²) in [7, 11) is 0. The third kappa shape index (κ3) is 7.89. The Balaban J connectivity index is 2.35. The Morgan fingerprint density at radius 2 is 1.80 bits per heavy atom. The predicted octanol–water partition coefficient (Wildman–Crippen LogP) is 6.62. The van der Waals surface area contributed by atoms with Crippen LogP contribution in [-0.4, -0.2) is 36.1 Å². The quantitative estimate of drug-likeness (QED) is 0.237. The first-order valence-corrected chi connectivity index (χ1v) is 12.4. The average Bonchev–Trinajstić information content (AvgIpc) is 3.21. The Bertz CT molecular complexity index is 795. The van der Waals surface area contributed by atoms with Gasteiger partial charge in [0.15, 0.2) is 6.29 Å². The molecule has 0 radical (unpaired) electrons. The first-order valence-electron chi connectivity index (χ1n) is 10.6. The maximum Gasteiger partial charge on any atom is 0.160 e. The maximum atomic E-state index is 11.0. The molecule has 0 aliphatic rings. The van der Waals surface area contributed by atoms with Crippen molar-refractivity contribution < 1.29 is 14.6 Å². The van der Waals surface area contributed by atoms with Gasteiger partial charge in [-0.25, -0.2) is 0 Å². The van der Waals surface area contributed by atoms with Gasteiger partial charge in [-0.15, -0.1) is 11.3 Å². The van der Waals surface area contributed by atoms with Gasteiger partial charge in [-0.2, -0.15) is 0 Å². The van der Waals surface area contributed by atoms with E-state index >= 15 is 0 Å². The van der Waals surface area contributed by atoms with Gasteiger partial charge in [-0.3, -0.25) is 4.79 Å². The molecule has 1 atom stereocenters. The normalized spacial score (nSPS) is 12.3. The van der Waals surface area contributed by atoms with Gasteiger partial charge in [0.1, 0.15) is 10.8 Å². The molecule has 0 spiro atoms. The van der Waals surface area contributed by atoms with E-state index in [1.807, 2.05) is 30.4 Å². The van der Waals surface area contributed by atoms with Crippen LogP contribution in [0.15, 0.2) is 30.3 Å². The minimum Gasteiger partial charge on any atom is -0.491 e. The molecule has 1 aromatic heterocycles. The van der Waals surface area contributed by atoms with E-state index in [9.17, 15) is 9.90 Å². The lowest BCUT2D eigenvalue weighted by Gasteiger charge is -2.28. The van der Waals surface area contributed by atoms with E-state index in [0.717, 1.165) is 71.8 Å². The molecule has 0 amide bonds. The molecule has 0 fully saturated rings. The Kier molecular flexibility index (Phi) is 11.2. The number of aldehydes is 1. The van der Waals surface area contributed by atoms with E-state index < -0.39 is 5.01 Å². The van der Waals surface area contributed by atoms with E-state index in [2.05, 4.69) is 46.8 Å². The van der Waals surface area contributed by atoms with Gasteiger partial charge in [-0.1, -0.05) is 54.8 Å². The van der Waals surface area contributed by atoms with Gasteiger partial charge in [0, 0.05) is 30.0 Å². The number of aliphatic hydroxyl groups is 1. The smallest absolute Gasteiger partial charge is 0.160 e. The summed E-state index contributed by atoms with van der Waals surface area (Å²) < 4.78 is 6.20. The molecule has 4 nitrogen and oxygen atoms in total. The highest BCUT2D eigenvalue weighted by Gasteiger charge is 2.15. The lowest BCUT2D eigenvalue weighted by atomic mass is 10.1. The number of carbonyl (C=O) groups excluding carboxylic acids is 1. The van der Waals surface area contributed by atoms with Gasteiger partial charge < -0.3 is 14.7 Å². The standard InChI is InChI=1S/C24H32BrNO3S/c1-3-5-15-26(16-6-4-2)22-9-7-8-19(24(22)29-17-14-23(25)28)10-11-20-12-13-21(18-27)30-20/h7-13,18,23,28H,3-6,14-17H2,1-2H3. The number of rotatable bonds is 14. The molecule has 0 bridgehead atoms. The number of ether oxygens (including phenoxy) is 1. The lowest BCUT2D eigenvalue weighted by molar-refractivity contribution is 0.112. The van der Waals surface area contributed by atoms with Gasteiger partial charge in [-0.05, 0) is 43.2 Å². The van der Waals surface area contributed by atoms with E-state index in [-0.39, 0.29) is 0 Å². The van der Waals surface area contributed by atoms with Gasteiger partial charge in [0.05, 0.1) is 17.2 Å². The van der Waals surface area contributed by atoms with Crippen LogP contribution < -0.4 is 9.64 Å². The molecule has 0 saturated carbocycles. The summed E-state index contributed by atoms with van der Waals surface area (Å²) in [4.78, 5) is 15.1. The van der Waals surface area contributed by atoms with Crippen LogP contribution in [0.3, 0.4) is 0 Å². The minimum absolute atomic E-state index is 0.425. The number of anilines is 1. The Labute approximate surface area is 192 Å². The van der Waals surface area contributed by atoms with Gasteiger partial charge in [0.2, 0.25) is 0 Å². The number of carbonyl (C=O) groups is 1. The molecular formula is C24H32BrNO3S. The number of hydrogen-bond donors (Lipinski definition) is 1. The summed E-state index contributed by atoms with van der Waals surface area (Å²) in [6, 6.07) is 10.0. The number of para-hydroxylation sites is 1. The van der Waals surface area contributed by atoms with Crippen molar-refractivity contribution in [1.82, 2.24) is 0 Å². The molecular weight excluding hydrogens is 462 g/mol. The van der Waals surface area contributed by atoms with Crippen molar-refractivity contribution in [2.45, 2.75) is 51.0 Å². The first kappa shape index (κ1) is 24.6. The number of aliphatic hydroxyl groups excluding tert-OH is 1. The van der Waals surface area contributed by atoms with Crippen LogP contribution >= 0.6 is 27.3 Å². The van der Waals surface area contributed by atoms with Crippen molar-refractivity contribution in [2.75, 3.05) is 24.6 Å². The number of alkyl halides is 1. The number of halogens is 1. The molecule has 0 aliphatic heterocycles. The summed E-state index contributed by atoms with van der Waals surface area (Å²) in [6.45, 7) is 6.83. The molecule has 0 aliphatic carbocycles. The van der Waals surface area contributed by atoms with E-state index in [4.69, 9.17) is 4.74 Å². The number of thiophene rings is 1. The van der Waals surface area contributed by atoms with Crippen molar-refractivity contribution in [3.8, 4) is 5.75 Å². The highest BCUT2D eigenvalue weighted by atomic mass is 79.9. The molecule has 6 heteroatoms. The Hall–Kier alpha value is -1.63. The highest BCUT2D eigenvalue weighted by molar-refractivity contribution is 9.09. The topological polar surface area (TPSA) is 49.8 Å². The zero-order chi connectivity index (χ0) is 21.8. The second-order valence-corrected chi connectivity index (χ2v) is 9.36. The molecule has 2 aromatic rings. The van der Waals surface area contributed by atoms with Crippen LogP contribution in [0, 0.1) is 0 Å². The van der Waals surface area contributed by atoms with Crippen molar-refractivity contribution >= 4 is 51.4 Å². The fraction of sp³-hybridized carbons (Fsp3) is 0.458. The number of hydrogen-bond acceptors (Lipinski definition) is 5. The summed E-state index contributed by atoms with van der Waals surface area (Å²) in [5.74, 6) is 0.848. The second-order valence-electron chi connectivity index (χ2n) is 7.15. The Morgan fingerprint density at radius 3 is 2.40 bits per heavy atom. The first-order chi connectivity index (χ1) is 14.6. The molecule has 0 saturated heterocycles. The van der Waals surface area contributed by atoms with Crippen LogP contribution in [0.4, 0.5) is 5.69 Å². The lowest BCUT2D eigenvalue weighted by Crippen LogP contribution is -2.26. The molecule has 1 heterocycles. The van der Waals surface area contributed by atoms with Crippen molar-refractivity contribution in [1.29, 1.82) is 0 Å². The SMILES string of the molecule is CCCCN(CCCC)c1cccc(C=Cc2ccc(C=O)s2)c1OCCC(O)Br. The third-order valence-electron chi connectivity index (χ3n) is 4.72. The van der Waals surface area contributed by atoms with Crippen molar-refractivity contribution in [3.05, 3.63) is 45.6 Å². The van der Waals surface area contributed by atoms with Crippen LogP contribution in [0.1, 0.15) is 66.1 Å². The van der Waals surface area contributed by atoms with Gasteiger partial charge >= 0.3 is 0 Å². The summed E-state index contributed by atoms with van der Waals surface area (Å²) in [6.07, 6.45) is 10.0. The van der Waals surface area contributed by atoms with Crippen LogP contribution in [0.25, 0.3) is 12.2 Å². The van der Waals surface area contributed by atoms with E-state index in [1.165, 1.54) is 11.3 Å². The van der Waals surface area contributed by atoms with Crippen LogP contribution in [0.5, 0.6) is 5.75 Å². The average molecular weight is 494 g/mol. The van der Waals surface area contributed by atoms with E-state index in [1.54, 1.807) is 0 Å². The van der Waals surface area contributed by atoms with E-state index in [0.29, 0.717) is 13.0 Å². The summed E-state index contributed by atoms with van der Waals surface area (Å²) >= 11 is 4.64. The fourth-order valence-corrected chi connectivity index (χ4v) is 4.00. The van der Waals surface area contributed by atoms with Crippen LogP contribution in [-0.2, 0) is 0 Å². The molecule has 30 heavy (non-hydrogen) atoms. The van der Waals surface area contributed by atoms with Crippen LogP contribution in [0.2, 0.25) is 0 Å². The van der Waals surface area contributed by atoms with Crippen molar-refractivity contribution in [2.24, 2.45) is 0 Å². The van der Waals surface area contributed by atoms with Crippen molar-refractivity contribution in [3.63, 3.8) is 0 Å². The molecule has 164 valence electrons. The maximum absolute atomic E-state index is 11.0. The number of nitrogens with zero attached hydrogens (tertiary/aromatic N) is 1. The number of unbranched alkanes of at least 4 members (excludes halogenated alkanes) is 2. The monoisotopic (exact) mass is 493 g/mol. The number of benzene rings is 1. The second kappa shape index (κ2) is 13.6. The molecule has 1 aromatic carbocycles. The Morgan fingerprint density at radius 1 is 1.10 bits per heavy atom.